The van der Waals surface area contributed by atoms with Crippen LogP contribution in [-0.4, -0.2) is 143 Å². The van der Waals surface area contributed by atoms with E-state index in [-0.39, 0.29) is 30.9 Å². The monoisotopic (exact) mass is 827 g/mol. The number of carbonyl (C=O) groups is 2. The van der Waals surface area contributed by atoms with Gasteiger partial charge >= 0.3 is 5.97 Å². The molecular formula is C47H65N5O8. The first-order chi connectivity index (χ1) is 28.7. The van der Waals surface area contributed by atoms with Gasteiger partial charge in [0.2, 0.25) is 0 Å². The van der Waals surface area contributed by atoms with Gasteiger partial charge < -0.3 is 45.1 Å². The minimum Gasteiger partial charge on any atom is -0.496 e. The predicted octanol–water partition coefficient (Wildman–Crippen LogP) is 3.23. The number of esters is 1. The summed E-state index contributed by atoms with van der Waals surface area (Å²) in [4.78, 5) is 36.9. The highest BCUT2D eigenvalue weighted by molar-refractivity contribution is 5.90. The van der Waals surface area contributed by atoms with Crippen LogP contribution in [0.4, 0.5) is 5.69 Å². The molecule has 5 heterocycles. The van der Waals surface area contributed by atoms with Crippen molar-refractivity contribution in [1.29, 1.82) is 0 Å². The molecule has 9 atom stereocenters. The zero-order chi connectivity index (χ0) is 42.8. The molecule has 3 aromatic rings. The lowest BCUT2D eigenvalue weighted by Gasteiger charge is -2.63. The van der Waals surface area contributed by atoms with Crippen molar-refractivity contribution >= 4 is 28.5 Å². The summed E-state index contributed by atoms with van der Waals surface area (Å²) >= 11 is 0. The van der Waals surface area contributed by atoms with Crippen molar-refractivity contribution in [2.75, 3.05) is 65.4 Å². The van der Waals surface area contributed by atoms with Crippen molar-refractivity contribution in [2.24, 2.45) is 11.3 Å². The molecule has 0 bridgehead atoms. The Kier molecular flexibility index (Phi) is 11.4. The summed E-state index contributed by atoms with van der Waals surface area (Å²) in [6, 6.07) is 11.5. The van der Waals surface area contributed by atoms with E-state index < -0.39 is 46.2 Å². The van der Waals surface area contributed by atoms with Gasteiger partial charge in [0.1, 0.15) is 11.9 Å². The number of rotatable bonds is 14. The molecule has 8 rings (SSSR count). The van der Waals surface area contributed by atoms with Gasteiger partial charge in [0, 0.05) is 85.0 Å². The number of H-pyrrole nitrogens is 1. The second-order valence-electron chi connectivity index (χ2n) is 18.6. The van der Waals surface area contributed by atoms with Crippen molar-refractivity contribution in [3.8, 4) is 5.75 Å². The molecule has 13 nitrogen and oxygen atoms in total. The number of β-amino-alcohol motifs (C(OH)–C–C–N with tert-alkyl or cyclic N) is 1. The summed E-state index contributed by atoms with van der Waals surface area (Å²) in [6.07, 6.45) is 6.90. The number of anilines is 1. The van der Waals surface area contributed by atoms with Crippen molar-refractivity contribution in [3.05, 3.63) is 70.9 Å². The van der Waals surface area contributed by atoms with E-state index in [0.717, 1.165) is 83.7 Å². The molecule has 4 aliphatic heterocycles. The number of fused-ring (bicyclic) bond motifs is 2. The Hall–Kier alpha value is -3.98. The number of aromatic nitrogens is 1. The Balaban J connectivity index is 1.10. The lowest BCUT2D eigenvalue weighted by molar-refractivity contribution is -0.203. The van der Waals surface area contributed by atoms with Crippen molar-refractivity contribution < 1.29 is 39.5 Å². The molecule has 326 valence electrons. The van der Waals surface area contributed by atoms with E-state index in [1.54, 1.807) is 14.0 Å². The van der Waals surface area contributed by atoms with Crippen LogP contribution in [-0.2, 0) is 39.0 Å². The van der Waals surface area contributed by atoms with Crippen LogP contribution in [0.3, 0.4) is 0 Å². The molecule has 6 N–H and O–H groups in total. The molecule has 1 saturated carbocycles. The summed E-state index contributed by atoms with van der Waals surface area (Å²) in [5, 5.41) is 51.3. The average molecular weight is 828 g/mol. The van der Waals surface area contributed by atoms with E-state index in [0.29, 0.717) is 38.6 Å². The van der Waals surface area contributed by atoms with E-state index in [1.165, 1.54) is 7.11 Å². The van der Waals surface area contributed by atoms with Crippen molar-refractivity contribution in [1.82, 2.24) is 20.1 Å². The lowest BCUT2D eigenvalue weighted by atomic mass is 9.47. The number of piperidine rings is 1. The number of methoxy groups -OCH3 is 2. The molecule has 1 spiro atoms. The number of likely N-dealkylation sites (tertiary alicyclic amines) is 1. The first-order valence-electron chi connectivity index (χ1n) is 22.0. The Morgan fingerprint density at radius 1 is 1.08 bits per heavy atom. The van der Waals surface area contributed by atoms with Crippen LogP contribution in [0.1, 0.15) is 75.3 Å². The molecule has 1 aromatic heterocycles. The number of para-hydroxylation sites is 1. The van der Waals surface area contributed by atoms with Crippen LogP contribution < -0.4 is 15.0 Å². The molecule has 2 aromatic carbocycles. The van der Waals surface area contributed by atoms with Crippen molar-refractivity contribution in [3.63, 3.8) is 0 Å². The number of likely N-dealkylation sites (N-methyl/N-ethyl adjacent to an activating group) is 1. The van der Waals surface area contributed by atoms with Gasteiger partial charge in [0.25, 0.3) is 5.91 Å². The van der Waals surface area contributed by atoms with Gasteiger partial charge in [0.05, 0.1) is 38.4 Å². The third-order valence-corrected chi connectivity index (χ3v) is 15.3. The molecule has 5 aliphatic rings. The second kappa shape index (κ2) is 16.0. The molecule has 3 fully saturated rings. The quantitative estimate of drug-likeness (QED) is 0.104. The van der Waals surface area contributed by atoms with Crippen LogP contribution in [0.25, 0.3) is 10.9 Å². The number of ether oxygens (including phenoxy) is 2. The maximum Gasteiger partial charge on any atom is 0.311 e. The van der Waals surface area contributed by atoms with Crippen LogP contribution in [0.5, 0.6) is 5.75 Å². The number of aliphatic hydroxyl groups is 4. The number of benzene rings is 2. The smallest absolute Gasteiger partial charge is 0.311 e. The Bertz CT molecular complexity index is 2140. The summed E-state index contributed by atoms with van der Waals surface area (Å²) < 4.78 is 11.1. The van der Waals surface area contributed by atoms with Crippen LogP contribution >= 0.6 is 0 Å². The standard InChI is InChI=1S/C47H65N5O8/c1-7-44(57)25-30(27-51(28-44)20-16-33-32-12-9-10-13-35(32)49-36(33)23-39(54)60-6)14-15-31-22-34-37(24-38(31)59-5)50(4)41-46(34)18-21-52-19-11-17-45(8-2,40(46)52)42(55)47(41,58)43(56)48-26-29(3)53/h9-13,17,22,24,29-30,40-42,49,53,55,57-58H,7-8,14-16,18-21,23,25-28H2,1-6H3,(H,48,56). The topological polar surface area (TPSA) is 171 Å². The van der Waals surface area contributed by atoms with Crippen molar-refractivity contribution in [2.45, 2.75) is 113 Å². The van der Waals surface area contributed by atoms with E-state index in [2.05, 4.69) is 57.4 Å². The summed E-state index contributed by atoms with van der Waals surface area (Å²) in [5.74, 6) is -0.0243. The van der Waals surface area contributed by atoms with Crippen LogP contribution in [0.15, 0.2) is 48.6 Å². The second-order valence-corrected chi connectivity index (χ2v) is 18.6. The molecule has 1 amide bonds. The normalized spacial score (nSPS) is 32.7. The highest BCUT2D eigenvalue weighted by Crippen LogP contribution is 2.67. The largest absolute Gasteiger partial charge is 0.496 e. The number of aromatic amines is 1. The van der Waals surface area contributed by atoms with Crippen LogP contribution in [0, 0.1) is 11.3 Å². The number of carbonyl (C=O) groups excluding carboxylic acids is 2. The van der Waals surface area contributed by atoms with E-state index in [9.17, 15) is 30.0 Å². The Morgan fingerprint density at radius 2 is 1.87 bits per heavy atom. The molecule has 2 saturated heterocycles. The van der Waals surface area contributed by atoms with E-state index in [4.69, 9.17) is 9.47 Å². The fourth-order valence-corrected chi connectivity index (χ4v) is 12.6. The number of nitrogens with zero attached hydrogens (tertiary/aromatic N) is 3. The minimum absolute atomic E-state index is 0.0437. The van der Waals surface area contributed by atoms with Gasteiger partial charge in [-0.05, 0) is 93.2 Å². The highest BCUT2D eigenvalue weighted by Gasteiger charge is 2.78. The van der Waals surface area contributed by atoms with Gasteiger partial charge in [-0.2, -0.15) is 0 Å². The van der Waals surface area contributed by atoms with E-state index >= 15 is 0 Å². The minimum atomic E-state index is -2.19. The molecular weight excluding hydrogens is 763 g/mol. The maximum atomic E-state index is 14.3. The Labute approximate surface area is 353 Å². The SMILES string of the molecule is CCC1(O)CC(CCc2cc3c(cc2OC)N(C)C2C(O)(C(=O)NCC(C)O)C(O)C4(CC)C=CCN5CCC32C54)CN(CCc2c(CC(=O)OC)[nH]c3ccccc23)C1. The highest BCUT2D eigenvalue weighted by atomic mass is 16.5. The molecule has 13 heteroatoms. The van der Waals surface area contributed by atoms with Crippen LogP contribution in [0.2, 0.25) is 0 Å². The molecule has 1 aliphatic carbocycles. The van der Waals surface area contributed by atoms with Gasteiger partial charge in [0.15, 0.2) is 5.60 Å². The predicted molar refractivity (Wildman–Crippen MR) is 230 cm³/mol. The maximum absolute atomic E-state index is 14.3. The number of aryl methyl sites for hydroxylation is 1. The van der Waals surface area contributed by atoms with Gasteiger partial charge in [-0.3, -0.25) is 19.4 Å². The lowest BCUT2D eigenvalue weighted by Crippen LogP contribution is -2.81. The third-order valence-electron chi connectivity index (χ3n) is 15.3. The number of hydrogen-bond donors (Lipinski definition) is 6. The Morgan fingerprint density at radius 3 is 2.58 bits per heavy atom. The molecule has 0 radical (unpaired) electrons. The number of amides is 1. The summed E-state index contributed by atoms with van der Waals surface area (Å²) in [6.45, 7) is 9.26. The van der Waals surface area contributed by atoms with Gasteiger partial charge in [-0.25, -0.2) is 0 Å². The molecule has 60 heavy (non-hydrogen) atoms. The third kappa shape index (κ3) is 6.66. The van der Waals surface area contributed by atoms with Gasteiger partial charge in [-0.1, -0.05) is 44.2 Å². The van der Waals surface area contributed by atoms with E-state index in [1.807, 2.05) is 37.1 Å². The zero-order valence-corrected chi connectivity index (χ0v) is 36.2. The fraction of sp³-hybridized carbons (Fsp3) is 0.617. The average Bonchev–Trinajstić information content (AvgIpc) is 3.88. The number of aliphatic hydroxyl groups excluding tert-OH is 2. The number of nitrogens with one attached hydrogen (secondary N) is 2. The zero-order valence-electron chi connectivity index (χ0n) is 36.2. The fourth-order valence-electron chi connectivity index (χ4n) is 12.6. The summed E-state index contributed by atoms with van der Waals surface area (Å²) in [7, 11) is 5.00. The number of hydrogen-bond acceptors (Lipinski definition) is 11. The molecule has 9 unspecified atom stereocenters. The first kappa shape index (κ1) is 42.7. The van der Waals surface area contributed by atoms with Gasteiger partial charge in [-0.15, -0.1) is 0 Å². The first-order valence-corrected chi connectivity index (χ1v) is 22.0. The summed E-state index contributed by atoms with van der Waals surface area (Å²) in [5.41, 5.74) is 1.35.